The van der Waals surface area contributed by atoms with E-state index in [9.17, 15) is 14.7 Å². The van der Waals surface area contributed by atoms with Crippen LogP contribution in [-0.4, -0.2) is 35.0 Å². The highest BCUT2D eigenvalue weighted by Crippen LogP contribution is 2.27. The number of rotatable bonds is 7. The molecule has 0 heterocycles. The maximum Gasteiger partial charge on any atom is 0.326 e. The zero-order chi connectivity index (χ0) is 18.4. The molecule has 0 bridgehead atoms. The summed E-state index contributed by atoms with van der Waals surface area (Å²) in [6, 6.07) is 13.3. The second kappa shape index (κ2) is 8.53. The van der Waals surface area contributed by atoms with Gasteiger partial charge in [-0.3, -0.25) is 4.79 Å². The number of likely N-dealkylation sites (N-methyl/N-ethyl adjacent to an activating group) is 1. The number of aliphatic carboxylic acids is 1. The summed E-state index contributed by atoms with van der Waals surface area (Å²) in [5, 5.41) is 9.81. The number of carbonyl (C=O) groups excluding carboxylic acids is 1. The molecule has 0 saturated heterocycles. The smallest absolute Gasteiger partial charge is 0.326 e. The molecule has 25 heavy (non-hydrogen) atoms. The Morgan fingerprint density at radius 2 is 1.80 bits per heavy atom. The first-order valence-corrected chi connectivity index (χ1v) is 8.30. The first kappa shape index (κ1) is 18.8. The molecule has 0 aromatic heterocycles. The Bertz CT molecular complexity index is 745. The lowest BCUT2D eigenvalue weighted by molar-refractivity contribution is -0.148. The van der Waals surface area contributed by atoms with Crippen LogP contribution in [0.25, 0.3) is 0 Å². The molecule has 2 aromatic rings. The van der Waals surface area contributed by atoms with Gasteiger partial charge in [0.1, 0.15) is 17.5 Å². The molecule has 2 aromatic carbocycles. The predicted molar refractivity (Wildman–Crippen MR) is 96.2 cm³/mol. The van der Waals surface area contributed by atoms with Gasteiger partial charge in [0, 0.05) is 17.6 Å². The topological polar surface area (TPSA) is 66.8 Å². The molecule has 0 aliphatic rings. The third-order valence-electron chi connectivity index (χ3n) is 3.89. The fourth-order valence-electron chi connectivity index (χ4n) is 2.45. The van der Waals surface area contributed by atoms with E-state index in [0.29, 0.717) is 28.5 Å². The average Bonchev–Trinajstić information content (AvgIpc) is 2.58. The van der Waals surface area contributed by atoms with Gasteiger partial charge >= 0.3 is 5.97 Å². The maximum atomic E-state index is 12.5. The zero-order valence-corrected chi connectivity index (χ0v) is 14.9. The summed E-state index contributed by atoms with van der Waals surface area (Å²) in [5.41, 5.74) is 0.689. The van der Waals surface area contributed by atoms with Crippen molar-refractivity contribution >= 4 is 23.5 Å². The van der Waals surface area contributed by atoms with E-state index < -0.39 is 12.0 Å². The summed E-state index contributed by atoms with van der Waals surface area (Å²) < 4.78 is 5.83. The van der Waals surface area contributed by atoms with Crippen LogP contribution in [0.5, 0.6) is 11.5 Å². The van der Waals surface area contributed by atoms with Crippen molar-refractivity contribution in [2.24, 2.45) is 0 Å². The Hall–Kier alpha value is -2.53. The monoisotopic (exact) mass is 361 g/mol. The molecule has 0 fully saturated rings. The molecule has 1 atom stereocenters. The Kier molecular flexibility index (Phi) is 6.42. The summed E-state index contributed by atoms with van der Waals surface area (Å²) >= 11 is 5.86. The van der Waals surface area contributed by atoms with Crippen LogP contribution in [0, 0.1) is 0 Å². The first-order valence-electron chi connectivity index (χ1n) is 7.92. The number of hydrogen-bond donors (Lipinski definition) is 1. The van der Waals surface area contributed by atoms with Crippen LogP contribution in [0.3, 0.4) is 0 Å². The molecule has 1 amide bonds. The Morgan fingerprint density at radius 3 is 2.40 bits per heavy atom. The Labute approximate surface area is 151 Å². The Balaban J connectivity index is 2.16. The van der Waals surface area contributed by atoms with E-state index in [1.807, 2.05) is 12.1 Å². The van der Waals surface area contributed by atoms with Gasteiger partial charge in [-0.25, -0.2) is 4.79 Å². The number of para-hydroxylation sites is 1. The lowest BCUT2D eigenvalue weighted by atomic mass is 10.1. The van der Waals surface area contributed by atoms with Crippen LogP contribution in [0.4, 0.5) is 0 Å². The predicted octanol–water partition coefficient (Wildman–Crippen LogP) is 4.00. The van der Waals surface area contributed by atoms with Gasteiger partial charge in [-0.1, -0.05) is 36.7 Å². The molecule has 5 nitrogen and oxygen atoms in total. The van der Waals surface area contributed by atoms with Crippen molar-refractivity contribution in [2.75, 3.05) is 7.05 Å². The van der Waals surface area contributed by atoms with Gasteiger partial charge in [-0.05, 0) is 36.8 Å². The summed E-state index contributed by atoms with van der Waals surface area (Å²) in [4.78, 5) is 25.0. The highest BCUT2D eigenvalue weighted by molar-refractivity contribution is 6.30. The van der Waals surface area contributed by atoms with E-state index in [2.05, 4.69) is 0 Å². The van der Waals surface area contributed by atoms with E-state index in [4.69, 9.17) is 16.3 Å². The number of carboxylic acid groups (broad SMARTS) is 1. The fraction of sp³-hybridized carbons (Fsp3) is 0.263. The van der Waals surface area contributed by atoms with Crippen molar-refractivity contribution in [1.29, 1.82) is 0 Å². The lowest BCUT2D eigenvalue weighted by Crippen LogP contribution is -2.42. The number of benzene rings is 2. The second-order valence-corrected chi connectivity index (χ2v) is 6.04. The van der Waals surface area contributed by atoms with Crippen LogP contribution < -0.4 is 4.74 Å². The second-order valence-electron chi connectivity index (χ2n) is 5.61. The number of halogens is 1. The minimum absolute atomic E-state index is 0.0596. The number of amides is 1. The molecule has 0 spiro atoms. The minimum Gasteiger partial charge on any atom is -0.480 e. The molecular weight excluding hydrogens is 342 g/mol. The van der Waals surface area contributed by atoms with Crippen molar-refractivity contribution in [3.63, 3.8) is 0 Å². The zero-order valence-electron chi connectivity index (χ0n) is 14.1. The third kappa shape index (κ3) is 4.97. The largest absolute Gasteiger partial charge is 0.480 e. The van der Waals surface area contributed by atoms with E-state index in [-0.39, 0.29) is 12.3 Å². The van der Waals surface area contributed by atoms with Gasteiger partial charge in [0.25, 0.3) is 0 Å². The molecule has 1 N–H and O–H groups in total. The van der Waals surface area contributed by atoms with Gasteiger partial charge in [0.05, 0.1) is 6.42 Å². The fourth-order valence-corrected chi connectivity index (χ4v) is 2.58. The van der Waals surface area contributed by atoms with Gasteiger partial charge in [-0.15, -0.1) is 0 Å². The minimum atomic E-state index is -1.01. The molecular formula is C19H20ClNO4. The quantitative estimate of drug-likeness (QED) is 0.809. The van der Waals surface area contributed by atoms with E-state index in [1.165, 1.54) is 11.9 Å². The van der Waals surface area contributed by atoms with Crippen molar-refractivity contribution in [2.45, 2.75) is 25.8 Å². The molecule has 132 valence electrons. The van der Waals surface area contributed by atoms with Gasteiger partial charge in [0.15, 0.2) is 0 Å². The van der Waals surface area contributed by atoms with Crippen LogP contribution in [-0.2, 0) is 16.0 Å². The van der Waals surface area contributed by atoms with Crippen molar-refractivity contribution in [3.05, 3.63) is 59.1 Å². The molecule has 0 radical (unpaired) electrons. The van der Waals surface area contributed by atoms with Crippen molar-refractivity contribution < 1.29 is 19.4 Å². The SMILES string of the molecule is CCC(C(=O)O)N(C)C(=O)Cc1ccccc1Oc1ccc(Cl)cc1. The standard InChI is InChI=1S/C19H20ClNO4/c1-3-16(19(23)24)21(2)18(22)12-13-6-4-5-7-17(13)25-15-10-8-14(20)9-11-15/h4-11,16H,3,12H2,1-2H3,(H,23,24). The highest BCUT2D eigenvalue weighted by atomic mass is 35.5. The summed E-state index contributed by atoms with van der Waals surface area (Å²) in [6.45, 7) is 1.74. The normalized spacial score (nSPS) is 11.6. The molecule has 6 heteroatoms. The number of nitrogens with zero attached hydrogens (tertiary/aromatic N) is 1. The first-order chi connectivity index (χ1) is 11.9. The summed E-state index contributed by atoms with van der Waals surface area (Å²) in [5.74, 6) is -0.130. The van der Waals surface area contributed by atoms with Crippen LogP contribution >= 0.6 is 11.6 Å². The van der Waals surface area contributed by atoms with Crippen LogP contribution in [0.2, 0.25) is 5.02 Å². The van der Waals surface area contributed by atoms with Crippen molar-refractivity contribution in [3.8, 4) is 11.5 Å². The van der Waals surface area contributed by atoms with Crippen molar-refractivity contribution in [1.82, 2.24) is 4.90 Å². The van der Waals surface area contributed by atoms with E-state index in [1.54, 1.807) is 43.3 Å². The van der Waals surface area contributed by atoms with E-state index in [0.717, 1.165) is 0 Å². The van der Waals surface area contributed by atoms with E-state index >= 15 is 0 Å². The number of carboxylic acids is 1. The molecule has 0 saturated carbocycles. The number of hydrogen-bond acceptors (Lipinski definition) is 3. The van der Waals surface area contributed by atoms with Gasteiger partial charge in [0.2, 0.25) is 5.91 Å². The summed E-state index contributed by atoms with van der Waals surface area (Å²) in [6.07, 6.45) is 0.407. The Morgan fingerprint density at radius 1 is 1.16 bits per heavy atom. The third-order valence-corrected chi connectivity index (χ3v) is 4.14. The number of carbonyl (C=O) groups is 2. The maximum absolute atomic E-state index is 12.5. The van der Waals surface area contributed by atoms with Gasteiger partial charge in [-0.2, -0.15) is 0 Å². The molecule has 0 aliphatic heterocycles. The van der Waals surface area contributed by atoms with Gasteiger partial charge < -0.3 is 14.7 Å². The number of ether oxygens (including phenoxy) is 1. The van der Waals surface area contributed by atoms with Crippen LogP contribution in [0.15, 0.2) is 48.5 Å². The molecule has 0 aliphatic carbocycles. The lowest BCUT2D eigenvalue weighted by Gasteiger charge is -2.24. The van der Waals surface area contributed by atoms with Crippen LogP contribution in [0.1, 0.15) is 18.9 Å². The molecule has 2 rings (SSSR count). The average molecular weight is 362 g/mol. The highest BCUT2D eigenvalue weighted by Gasteiger charge is 2.25. The summed E-state index contributed by atoms with van der Waals surface area (Å²) in [7, 11) is 1.51. The molecule has 1 unspecified atom stereocenters.